The summed E-state index contributed by atoms with van der Waals surface area (Å²) in [6, 6.07) is 12.6. The Labute approximate surface area is 118 Å². The van der Waals surface area contributed by atoms with E-state index in [0.29, 0.717) is 13.2 Å². The predicted molar refractivity (Wildman–Crippen MR) is 81.2 cm³/mol. The smallest absolute Gasteiger partial charge is 0.120 e. The highest BCUT2D eigenvalue weighted by atomic mass is 32.2. The Morgan fingerprint density at radius 3 is 2.68 bits per heavy atom. The molecule has 0 saturated heterocycles. The molecule has 0 saturated carbocycles. The van der Waals surface area contributed by atoms with Gasteiger partial charge in [-0.25, -0.2) is 0 Å². The molecule has 102 valence electrons. The fourth-order valence-electron chi connectivity index (χ4n) is 1.86. The Morgan fingerprint density at radius 2 is 1.89 bits per heavy atom. The van der Waals surface area contributed by atoms with Crippen LogP contribution in [-0.2, 0) is 0 Å². The molecule has 2 N–H and O–H groups in total. The van der Waals surface area contributed by atoms with Gasteiger partial charge in [0.2, 0.25) is 0 Å². The lowest BCUT2D eigenvalue weighted by Gasteiger charge is -2.08. The Morgan fingerprint density at radius 1 is 1.11 bits per heavy atom. The fraction of sp³-hybridized carbons (Fsp3) is 0.333. The lowest BCUT2D eigenvalue weighted by molar-refractivity contribution is 0.276. The molecule has 0 amide bonds. The Kier molecular flexibility index (Phi) is 5.51. The second-order valence-corrected chi connectivity index (χ2v) is 5.08. The summed E-state index contributed by atoms with van der Waals surface area (Å²) >= 11 is 1.75. The molecule has 19 heavy (non-hydrogen) atoms. The van der Waals surface area contributed by atoms with Gasteiger partial charge in [0.15, 0.2) is 0 Å². The first-order valence-electron chi connectivity index (χ1n) is 6.35. The molecule has 0 fully saturated rings. The summed E-state index contributed by atoms with van der Waals surface area (Å²) in [7, 11) is 0. The predicted octanol–water partition coefficient (Wildman–Crippen LogP) is 2.52. The van der Waals surface area contributed by atoms with Crippen molar-refractivity contribution in [3.8, 4) is 5.75 Å². The number of aliphatic hydroxyl groups excluding tert-OH is 1. The van der Waals surface area contributed by atoms with E-state index in [1.165, 1.54) is 15.7 Å². The normalized spacial score (nSPS) is 10.8. The van der Waals surface area contributed by atoms with Gasteiger partial charge in [0.25, 0.3) is 0 Å². The van der Waals surface area contributed by atoms with Crippen LogP contribution in [0.1, 0.15) is 0 Å². The van der Waals surface area contributed by atoms with Gasteiger partial charge in [-0.15, -0.1) is 11.8 Å². The molecule has 0 aliphatic heterocycles. The number of thioether (sulfide) groups is 1. The maximum absolute atomic E-state index is 8.64. The standard InChI is InChI=1S/C15H19NO2S/c1-19-15-5-3-12-10-14(4-2-13(12)11-15)18-9-7-16-6-8-17/h2-5,10-11,16-17H,6-9H2,1H3. The number of ether oxygens (including phenoxy) is 1. The third kappa shape index (κ3) is 4.13. The highest BCUT2D eigenvalue weighted by Crippen LogP contribution is 2.25. The quantitative estimate of drug-likeness (QED) is 0.603. The van der Waals surface area contributed by atoms with E-state index in [0.717, 1.165) is 12.3 Å². The molecular formula is C15H19NO2S. The zero-order valence-corrected chi connectivity index (χ0v) is 11.9. The largest absolute Gasteiger partial charge is 0.492 e. The molecule has 0 spiro atoms. The molecule has 3 nitrogen and oxygen atoms in total. The second kappa shape index (κ2) is 7.38. The van der Waals surface area contributed by atoms with Gasteiger partial charge in [0, 0.05) is 18.0 Å². The van der Waals surface area contributed by atoms with Crippen molar-refractivity contribution in [3.63, 3.8) is 0 Å². The molecule has 0 aliphatic rings. The molecular weight excluding hydrogens is 258 g/mol. The summed E-state index contributed by atoms with van der Waals surface area (Å²) in [6.07, 6.45) is 2.08. The van der Waals surface area contributed by atoms with Crippen LogP contribution in [0.2, 0.25) is 0 Å². The summed E-state index contributed by atoms with van der Waals surface area (Å²) in [6.45, 7) is 2.12. The maximum Gasteiger partial charge on any atom is 0.120 e. The van der Waals surface area contributed by atoms with E-state index in [9.17, 15) is 0 Å². The van der Waals surface area contributed by atoms with E-state index in [-0.39, 0.29) is 6.61 Å². The van der Waals surface area contributed by atoms with Crippen molar-refractivity contribution < 1.29 is 9.84 Å². The van der Waals surface area contributed by atoms with Crippen LogP contribution in [0.15, 0.2) is 41.3 Å². The molecule has 0 unspecified atom stereocenters. The summed E-state index contributed by atoms with van der Waals surface area (Å²) in [4.78, 5) is 1.27. The van der Waals surface area contributed by atoms with Crippen LogP contribution in [-0.4, -0.2) is 37.7 Å². The zero-order chi connectivity index (χ0) is 13.5. The van der Waals surface area contributed by atoms with E-state index in [4.69, 9.17) is 9.84 Å². The van der Waals surface area contributed by atoms with Crippen LogP contribution in [0.4, 0.5) is 0 Å². The van der Waals surface area contributed by atoms with E-state index < -0.39 is 0 Å². The van der Waals surface area contributed by atoms with Crippen molar-refractivity contribution in [2.75, 3.05) is 32.6 Å². The third-order valence-corrected chi connectivity index (χ3v) is 3.58. The molecule has 0 radical (unpaired) electrons. The molecule has 0 bridgehead atoms. The minimum Gasteiger partial charge on any atom is -0.492 e. The number of nitrogens with one attached hydrogen (secondary N) is 1. The molecule has 2 rings (SSSR count). The van der Waals surface area contributed by atoms with Gasteiger partial charge in [0.1, 0.15) is 12.4 Å². The number of aliphatic hydroxyl groups is 1. The van der Waals surface area contributed by atoms with Crippen LogP contribution < -0.4 is 10.1 Å². The molecule has 0 atom stereocenters. The van der Waals surface area contributed by atoms with Crippen molar-refractivity contribution in [2.24, 2.45) is 0 Å². The van der Waals surface area contributed by atoms with Crippen LogP contribution in [0, 0.1) is 0 Å². The Balaban J connectivity index is 1.97. The van der Waals surface area contributed by atoms with Gasteiger partial charge < -0.3 is 15.2 Å². The Bertz CT molecular complexity index is 531. The average molecular weight is 277 g/mol. The van der Waals surface area contributed by atoms with Gasteiger partial charge >= 0.3 is 0 Å². The summed E-state index contributed by atoms with van der Waals surface area (Å²) in [5.41, 5.74) is 0. The maximum atomic E-state index is 8.64. The molecule has 2 aromatic carbocycles. The minimum atomic E-state index is 0.160. The third-order valence-electron chi connectivity index (χ3n) is 2.86. The van der Waals surface area contributed by atoms with Gasteiger partial charge in [-0.2, -0.15) is 0 Å². The van der Waals surface area contributed by atoms with Gasteiger partial charge in [0.05, 0.1) is 6.61 Å². The zero-order valence-electron chi connectivity index (χ0n) is 11.1. The van der Waals surface area contributed by atoms with Gasteiger partial charge in [-0.3, -0.25) is 0 Å². The van der Waals surface area contributed by atoms with Crippen molar-refractivity contribution in [3.05, 3.63) is 36.4 Å². The number of fused-ring (bicyclic) bond motifs is 1. The molecule has 0 heterocycles. The van der Waals surface area contributed by atoms with Crippen molar-refractivity contribution in [1.29, 1.82) is 0 Å². The van der Waals surface area contributed by atoms with Crippen LogP contribution in [0.5, 0.6) is 5.75 Å². The van der Waals surface area contributed by atoms with E-state index >= 15 is 0 Å². The van der Waals surface area contributed by atoms with E-state index in [1.807, 2.05) is 6.07 Å². The monoisotopic (exact) mass is 277 g/mol. The highest BCUT2D eigenvalue weighted by Gasteiger charge is 1.99. The van der Waals surface area contributed by atoms with Crippen molar-refractivity contribution in [2.45, 2.75) is 4.90 Å². The van der Waals surface area contributed by atoms with Crippen molar-refractivity contribution in [1.82, 2.24) is 5.32 Å². The average Bonchev–Trinajstić information content (AvgIpc) is 2.46. The number of rotatable bonds is 7. The van der Waals surface area contributed by atoms with Crippen LogP contribution >= 0.6 is 11.8 Å². The number of hydrogen-bond donors (Lipinski definition) is 2. The van der Waals surface area contributed by atoms with E-state index in [2.05, 4.69) is 41.9 Å². The lowest BCUT2D eigenvalue weighted by Crippen LogP contribution is -2.23. The number of benzene rings is 2. The highest BCUT2D eigenvalue weighted by molar-refractivity contribution is 7.98. The van der Waals surface area contributed by atoms with Crippen molar-refractivity contribution >= 4 is 22.5 Å². The summed E-state index contributed by atoms with van der Waals surface area (Å²) in [5.74, 6) is 0.884. The lowest BCUT2D eigenvalue weighted by atomic mass is 10.1. The molecule has 0 aliphatic carbocycles. The first-order valence-corrected chi connectivity index (χ1v) is 7.58. The second-order valence-electron chi connectivity index (χ2n) is 4.20. The summed E-state index contributed by atoms with van der Waals surface area (Å²) < 4.78 is 5.67. The topological polar surface area (TPSA) is 41.5 Å². The first kappa shape index (κ1) is 14.2. The molecule has 0 aromatic heterocycles. The van der Waals surface area contributed by atoms with Crippen LogP contribution in [0.3, 0.4) is 0 Å². The minimum absolute atomic E-state index is 0.160. The number of hydrogen-bond acceptors (Lipinski definition) is 4. The molecule has 4 heteroatoms. The van der Waals surface area contributed by atoms with Crippen LogP contribution in [0.25, 0.3) is 10.8 Å². The molecule has 2 aromatic rings. The fourth-order valence-corrected chi connectivity index (χ4v) is 2.31. The first-order chi connectivity index (χ1) is 9.33. The van der Waals surface area contributed by atoms with E-state index in [1.54, 1.807) is 11.8 Å². The van der Waals surface area contributed by atoms with Gasteiger partial charge in [-0.1, -0.05) is 12.1 Å². The SMILES string of the molecule is CSc1ccc2cc(OCCNCCO)ccc2c1. The van der Waals surface area contributed by atoms with Gasteiger partial charge in [-0.05, 0) is 41.3 Å². The summed E-state index contributed by atoms with van der Waals surface area (Å²) in [5, 5.41) is 14.1. The Hall–Kier alpha value is -1.23.